The highest BCUT2D eigenvalue weighted by Gasteiger charge is 2.16. The van der Waals surface area contributed by atoms with E-state index in [1.807, 2.05) is 18.2 Å². The number of anilines is 1. The van der Waals surface area contributed by atoms with Gasteiger partial charge in [0.25, 0.3) is 5.91 Å². The second-order valence-corrected chi connectivity index (χ2v) is 8.23. The van der Waals surface area contributed by atoms with E-state index in [9.17, 15) is 4.79 Å². The number of para-hydroxylation sites is 1. The zero-order valence-electron chi connectivity index (χ0n) is 17.9. The first kappa shape index (κ1) is 22.6. The lowest BCUT2D eigenvalue weighted by molar-refractivity contribution is 0.102. The maximum atomic E-state index is 12.8. The van der Waals surface area contributed by atoms with Crippen LogP contribution in [0.1, 0.15) is 21.1 Å². The molecule has 2 heterocycles. The summed E-state index contributed by atoms with van der Waals surface area (Å²) >= 11 is 7.23. The van der Waals surface area contributed by atoms with Crippen molar-refractivity contribution in [1.29, 1.82) is 0 Å². The summed E-state index contributed by atoms with van der Waals surface area (Å²) in [5.74, 6) is 2.14. The molecule has 0 spiro atoms. The van der Waals surface area contributed by atoms with Gasteiger partial charge in [0.05, 0.1) is 27.0 Å². The first-order chi connectivity index (χ1) is 16.1. The van der Waals surface area contributed by atoms with Gasteiger partial charge >= 0.3 is 0 Å². The van der Waals surface area contributed by atoms with Gasteiger partial charge in [0.15, 0.2) is 11.5 Å². The molecule has 2 aromatic carbocycles. The van der Waals surface area contributed by atoms with Gasteiger partial charge in [0.2, 0.25) is 0 Å². The third-order valence-electron chi connectivity index (χ3n) is 4.72. The molecule has 0 saturated heterocycles. The predicted octanol–water partition coefficient (Wildman–Crippen LogP) is 4.89. The van der Waals surface area contributed by atoms with Crippen LogP contribution in [0.5, 0.6) is 17.2 Å². The molecule has 4 rings (SSSR count). The number of nitrogens with one attached hydrogen (secondary N) is 1. The van der Waals surface area contributed by atoms with Crippen molar-refractivity contribution in [1.82, 2.24) is 14.8 Å². The molecule has 33 heavy (non-hydrogen) atoms. The Morgan fingerprint density at radius 2 is 1.94 bits per heavy atom. The largest absolute Gasteiger partial charge is 0.493 e. The molecule has 1 N–H and O–H groups in total. The number of carbonyl (C=O) groups is 1. The normalized spacial score (nSPS) is 10.6. The Bertz CT molecular complexity index is 1240. The van der Waals surface area contributed by atoms with Gasteiger partial charge in [-0.05, 0) is 30.3 Å². The summed E-state index contributed by atoms with van der Waals surface area (Å²) < 4.78 is 18.2. The Hall–Kier alpha value is -3.56. The summed E-state index contributed by atoms with van der Waals surface area (Å²) in [6.45, 7) is 0.646. The number of hydrogen-bond donors (Lipinski definition) is 1. The summed E-state index contributed by atoms with van der Waals surface area (Å²) in [6, 6.07) is 14.4. The van der Waals surface area contributed by atoms with Crippen LogP contribution in [0.25, 0.3) is 0 Å². The SMILES string of the molecule is COc1cccc(Cn2nccc2NC(=O)c2csc(COc3ccc(Cl)cc3)n2)c1OC. The van der Waals surface area contributed by atoms with E-state index < -0.39 is 0 Å². The van der Waals surface area contributed by atoms with E-state index in [0.29, 0.717) is 45.3 Å². The first-order valence-electron chi connectivity index (χ1n) is 9.93. The predicted molar refractivity (Wildman–Crippen MR) is 127 cm³/mol. The zero-order valence-corrected chi connectivity index (χ0v) is 19.5. The van der Waals surface area contributed by atoms with Crippen LogP contribution in [0.2, 0.25) is 5.02 Å². The number of amides is 1. The van der Waals surface area contributed by atoms with Crippen LogP contribution in [0.4, 0.5) is 5.82 Å². The maximum absolute atomic E-state index is 12.8. The van der Waals surface area contributed by atoms with Crippen molar-refractivity contribution in [3.05, 3.63) is 81.4 Å². The van der Waals surface area contributed by atoms with Gasteiger partial charge in [-0.2, -0.15) is 5.10 Å². The second-order valence-electron chi connectivity index (χ2n) is 6.85. The number of methoxy groups -OCH3 is 2. The van der Waals surface area contributed by atoms with Gasteiger partial charge in [-0.15, -0.1) is 11.3 Å². The summed E-state index contributed by atoms with van der Waals surface area (Å²) in [5, 5.41) is 10.2. The highest BCUT2D eigenvalue weighted by molar-refractivity contribution is 7.09. The van der Waals surface area contributed by atoms with Crippen LogP contribution in [0.3, 0.4) is 0 Å². The number of carbonyl (C=O) groups excluding carboxylic acids is 1. The molecule has 2 aromatic heterocycles. The van der Waals surface area contributed by atoms with Crippen LogP contribution in [0.15, 0.2) is 60.1 Å². The van der Waals surface area contributed by atoms with Crippen molar-refractivity contribution in [2.75, 3.05) is 19.5 Å². The van der Waals surface area contributed by atoms with Crippen molar-refractivity contribution in [2.24, 2.45) is 0 Å². The van der Waals surface area contributed by atoms with E-state index in [4.69, 9.17) is 25.8 Å². The van der Waals surface area contributed by atoms with Crippen molar-refractivity contribution < 1.29 is 19.0 Å². The molecule has 0 atom stereocenters. The molecular formula is C23H21ClN4O4S. The number of nitrogens with zero attached hydrogens (tertiary/aromatic N) is 3. The van der Waals surface area contributed by atoms with Gasteiger partial charge in [-0.25, -0.2) is 9.67 Å². The third kappa shape index (κ3) is 5.44. The maximum Gasteiger partial charge on any atom is 0.276 e. The fourth-order valence-electron chi connectivity index (χ4n) is 3.14. The van der Waals surface area contributed by atoms with E-state index in [-0.39, 0.29) is 12.5 Å². The molecule has 4 aromatic rings. The van der Waals surface area contributed by atoms with Gasteiger partial charge in [-0.3, -0.25) is 4.79 Å². The average molecular weight is 485 g/mol. The molecule has 0 aliphatic carbocycles. The summed E-state index contributed by atoms with van der Waals surface area (Å²) in [5.41, 5.74) is 1.17. The molecule has 0 unspecified atom stereocenters. The molecule has 0 fully saturated rings. The molecular weight excluding hydrogens is 464 g/mol. The average Bonchev–Trinajstić information content (AvgIpc) is 3.48. The summed E-state index contributed by atoms with van der Waals surface area (Å²) in [7, 11) is 3.17. The van der Waals surface area contributed by atoms with Crippen molar-refractivity contribution in [3.8, 4) is 17.2 Å². The fraction of sp³-hybridized carbons (Fsp3) is 0.174. The van der Waals surface area contributed by atoms with Crippen molar-refractivity contribution in [2.45, 2.75) is 13.2 Å². The Kier molecular flexibility index (Phi) is 7.11. The first-order valence-corrected chi connectivity index (χ1v) is 11.2. The molecule has 0 radical (unpaired) electrons. The van der Waals surface area contributed by atoms with Crippen LogP contribution in [-0.2, 0) is 13.2 Å². The van der Waals surface area contributed by atoms with Gasteiger partial charge in [0.1, 0.15) is 28.9 Å². The second kappa shape index (κ2) is 10.4. The molecule has 8 nitrogen and oxygen atoms in total. The number of benzene rings is 2. The highest BCUT2D eigenvalue weighted by Crippen LogP contribution is 2.31. The lowest BCUT2D eigenvalue weighted by atomic mass is 10.2. The van der Waals surface area contributed by atoms with Crippen molar-refractivity contribution in [3.63, 3.8) is 0 Å². The minimum atomic E-state index is -0.330. The third-order valence-corrected chi connectivity index (χ3v) is 5.80. The van der Waals surface area contributed by atoms with Gasteiger partial charge < -0.3 is 19.5 Å². The summed E-state index contributed by atoms with van der Waals surface area (Å²) in [6.07, 6.45) is 1.62. The molecule has 1 amide bonds. The van der Waals surface area contributed by atoms with Crippen LogP contribution in [0, 0.1) is 0 Å². The topological polar surface area (TPSA) is 87.5 Å². The van der Waals surface area contributed by atoms with E-state index in [0.717, 1.165) is 5.56 Å². The standard InChI is InChI=1S/C23H21ClN4O4S/c1-30-19-5-3-4-15(22(19)31-2)12-28-20(10-11-25-28)27-23(29)18-14-33-21(26-18)13-32-17-8-6-16(24)7-9-17/h3-11,14H,12-13H2,1-2H3,(H,27,29). The molecule has 0 aliphatic heterocycles. The van der Waals surface area contributed by atoms with Crippen LogP contribution < -0.4 is 19.5 Å². The molecule has 0 bridgehead atoms. The van der Waals surface area contributed by atoms with Crippen molar-refractivity contribution >= 4 is 34.7 Å². The molecule has 0 saturated carbocycles. The number of thiazole rings is 1. The number of rotatable bonds is 9. The number of hydrogen-bond acceptors (Lipinski definition) is 7. The highest BCUT2D eigenvalue weighted by atomic mass is 35.5. The zero-order chi connectivity index (χ0) is 23.2. The fourth-order valence-corrected chi connectivity index (χ4v) is 3.95. The molecule has 10 heteroatoms. The van der Waals surface area contributed by atoms with E-state index in [2.05, 4.69) is 15.4 Å². The number of halogens is 1. The van der Waals surface area contributed by atoms with E-state index in [1.165, 1.54) is 11.3 Å². The lowest BCUT2D eigenvalue weighted by Gasteiger charge is -2.14. The van der Waals surface area contributed by atoms with Crippen LogP contribution in [-0.4, -0.2) is 34.9 Å². The van der Waals surface area contributed by atoms with Gasteiger partial charge in [0, 0.05) is 22.0 Å². The minimum absolute atomic E-state index is 0.257. The molecule has 0 aliphatic rings. The Balaban J connectivity index is 1.41. The molecule has 170 valence electrons. The minimum Gasteiger partial charge on any atom is -0.493 e. The van der Waals surface area contributed by atoms with Crippen LogP contribution >= 0.6 is 22.9 Å². The van der Waals surface area contributed by atoms with Gasteiger partial charge in [-0.1, -0.05) is 23.7 Å². The monoisotopic (exact) mass is 484 g/mol. The Labute approximate surface area is 199 Å². The quantitative estimate of drug-likeness (QED) is 0.364. The Morgan fingerprint density at radius 3 is 2.70 bits per heavy atom. The lowest BCUT2D eigenvalue weighted by Crippen LogP contribution is -2.17. The smallest absolute Gasteiger partial charge is 0.276 e. The van der Waals surface area contributed by atoms with E-state index >= 15 is 0 Å². The Morgan fingerprint density at radius 1 is 1.12 bits per heavy atom. The summed E-state index contributed by atoms with van der Waals surface area (Å²) in [4.78, 5) is 17.1. The number of ether oxygens (including phenoxy) is 3. The number of aromatic nitrogens is 3. The van der Waals surface area contributed by atoms with E-state index in [1.54, 1.807) is 60.8 Å².